The van der Waals surface area contributed by atoms with Gasteiger partial charge in [-0.2, -0.15) is 0 Å². The maximum atomic E-state index is 3.48. The Balaban J connectivity index is 2.00. The van der Waals surface area contributed by atoms with Crippen molar-refractivity contribution in [3.05, 3.63) is 35.9 Å². The van der Waals surface area contributed by atoms with Crippen molar-refractivity contribution in [3.63, 3.8) is 0 Å². The molecule has 1 heteroatoms. The smallest absolute Gasteiger partial charge is 0.0171 e. The van der Waals surface area contributed by atoms with E-state index in [0.29, 0.717) is 11.5 Å². The first-order valence-corrected chi connectivity index (χ1v) is 4.96. The molecule has 0 saturated carbocycles. The molecule has 0 bridgehead atoms. The van der Waals surface area contributed by atoms with Crippen LogP contribution in [0.25, 0.3) is 0 Å². The molecule has 1 aliphatic heterocycles. The summed E-state index contributed by atoms with van der Waals surface area (Å²) >= 11 is 0. The molecule has 0 amide bonds. The highest BCUT2D eigenvalue weighted by molar-refractivity contribution is 5.18. The van der Waals surface area contributed by atoms with E-state index in [1.54, 1.807) is 0 Å². The number of rotatable bonds is 2. The van der Waals surface area contributed by atoms with Crippen LogP contribution in [0.1, 0.15) is 19.4 Å². The largest absolute Gasteiger partial charge is 0.312 e. The molecule has 1 atom stereocenters. The second-order valence-electron chi connectivity index (χ2n) is 4.61. The van der Waals surface area contributed by atoms with E-state index in [4.69, 9.17) is 0 Å². The molecule has 0 aliphatic carbocycles. The number of hydrogen-bond donors (Lipinski definition) is 1. The summed E-state index contributed by atoms with van der Waals surface area (Å²) in [6, 6.07) is 11.4. The van der Waals surface area contributed by atoms with Crippen molar-refractivity contribution in [2.75, 3.05) is 6.54 Å². The van der Waals surface area contributed by atoms with E-state index < -0.39 is 0 Å². The van der Waals surface area contributed by atoms with E-state index in [1.807, 2.05) is 0 Å². The maximum Gasteiger partial charge on any atom is 0.0171 e. The van der Waals surface area contributed by atoms with E-state index in [1.165, 1.54) is 5.56 Å². The van der Waals surface area contributed by atoms with E-state index in [9.17, 15) is 0 Å². The van der Waals surface area contributed by atoms with Gasteiger partial charge >= 0.3 is 0 Å². The van der Waals surface area contributed by atoms with Gasteiger partial charge in [-0.3, -0.25) is 0 Å². The van der Waals surface area contributed by atoms with Crippen LogP contribution in [0.5, 0.6) is 0 Å². The maximum absolute atomic E-state index is 3.48. The lowest BCUT2D eigenvalue weighted by molar-refractivity contribution is 0.127. The molecular weight excluding hydrogens is 158 g/mol. The number of benzene rings is 1. The number of nitrogens with one attached hydrogen (secondary N) is 1. The molecule has 1 aromatic carbocycles. The standard InChI is InChI=1S/C12H17N/c1-12(2)9-13-11(12)8-10-6-4-3-5-7-10/h3-7,11,13H,8-9H2,1-2H3. The van der Waals surface area contributed by atoms with Crippen molar-refractivity contribution in [3.8, 4) is 0 Å². The Kier molecular flexibility index (Phi) is 2.12. The Bertz CT molecular complexity index is 276. The monoisotopic (exact) mass is 175 g/mol. The van der Waals surface area contributed by atoms with Gasteiger partial charge in [0, 0.05) is 12.6 Å². The van der Waals surface area contributed by atoms with Gasteiger partial charge in [0.25, 0.3) is 0 Å². The van der Waals surface area contributed by atoms with Crippen molar-refractivity contribution in [2.24, 2.45) is 5.41 Å². The lowest BCUT2D eigenvalue weighted by Crippen LogP contribution is -2.60. The highest BCUT2D eigenvalue weighted by atomic mass is 15.0. The van der Waals surface area contributed by atoms with Gasteiger partial charge < -0.3 is 5.32 Å². The van der Waals surface area contributed by atoms with Crippen LogP contribution in [-0.2, 0) is 6.42 Å². The fourth-order valence-electron chi connectivity index (χ4n) is 1.85. The summed E-state index contributed by atoms with van der Waals surface area (Å²) in [5.74, 6) is 0. The normalized spacial score (nSPS) is 25.2. The molecule has 13 heavy (non-hydrogen) atoms. The molecule has 0 spiro atoms. The van der Waals surface area contributed by atoms with Gasteiger partial charge in [0.05, 0.1) is 0 Å². The van der Waals surface area contributed by atoms with Crippen molar-refractivity contribution in [2.45, 2.75) is 26.3 Å². The third-order valence-corrected chi connectivity index (χ3v) is 3.03. The second kappa shape index (κ2) is 3.15. The fourth-order valence-corrected chi connectivity index (χ4v) is 1.85. The molecule has 1 aliphatic rings. The summed E-state index contributed by atoms with van der Waals surface area (Å²) in [6.45, 7) is 5.82. The summed E-state index contributed by atoms with van der Waals surface area (Å²) in [5, 5.41) is 3.48. The minimum absolute atomic E-state index is 0.482. The molecule has 1 fully saturated rings. The van der Waals surface area contributed by atoms with E-state index in [2.05, 4.69) is 49.5 Å². The van der Waals surface area contributed by atoms with Crippen LogP contribution in [0.15, 0.2) is 30.3 Å². The van der Waals surface area contributed by atoms with Crippen molar-refractivity contribution < 1.29 is 0 Å². The average molecular weight is 175 g/mol. The Labute approximate surface area is 80.2 Å². The zero-order valence-corrected chi connectivity index (χ0v) is 8.38. The summed E-state index contributed by atoms with van der Waals surface area (Å²) in [7, 11) is 0. The quantitative estimate of drug-likeness (QED) is 0.726. The van der Waals surface area contributed by atoms with Gasteiger partial charge in [-0.1, -0.05) is 44.2 Å². The van der Waals surface area contributed by atoms with Crippen LogP contribution in [0.4, 0.5) is 0 Å². The van der Waals surface area contributed by atoms with Crippen LogP contribution in [0.2, 0.25) is 0 Å². The summed E-state index contributed by atoms with van der Waals surface area (Å²) in [4.78, 5) is 0. The Morgan fingerprint density at radius 3 is 2.46 bits per heavy atom. The van der Waals surface area contributed by atoms with Gasteiger partial charge in [0.15, 0.2) is 0 Å². The second-order valence-corrected chi connectivity index (χ2v) is 4.61. The molecule has 1 aromatic rings. The molecule has 0 radical (unpaired) electrons. The van der Waals surface area contributed by atoms with Crippen LogP contribution in [0, 0.1) is 5.41 Å². The third kappa shape index (κ3) is 1.75. The zero-order valence-electron chi connectivity index (χ0n) is 8.38. The summed E-state index contributed by atoms with van der Waals surface area (Å²) < 4.78 is 0. The third-order valence-electron chi connectivity index (χ3n) is 3.03. The van der Waals surface area contributed by atoms with Crippen molar-refractivity contribution >= 4 is 0 Å². The molecule has 1 unspecified atom stereocenters. The molecule has 1 N–H and O–H groups in total. The predicted octanol–water partition coefficient (Wildman–Crippen LogP) is 2.23. The zero-order chi connectivity index (χ0) is 9.31. The van der Waals surface area contributed by atoms with Gasteiger partial charge in [-0.05, 0) is 17.4 Å². The van der Waals surface area contributed by atoms with E-state index >= 15 is 0 Å². The van der Waals surface area contributed by atoms with Gasteiger partial charge in [-0.25, -0.2) is 0 Å². The Morgan fingerprint density at radius 1 is 1.31 bits per heavy atom. The van der Waals surface area contributed by atoms with E-state index in [0.717, 1.165) is 13.0 Å². The van der Waals surface area contributed by atoms with Gasteiger partial charge in [0.2, 0.25) is 0 Å². The van der Waals surface area contributed by atoms with Crippen LogP contribution in [-0.4, -0.2) is 12.6 Å². The first kappa shape index (κ1) is 8.76. The van der Waals surface area contributed by atoms with Crippen molar-refractivity contribution in [1.82, 2.24) is 5.32 Å². The first-order chi connectivity index (χ1) is 6.18. The predicted molar refractivity (Wildman–Crippen MR) is 55.7 cm³/mol. The lowest BCUT2D eigenvalue weighted by atomic mass is 9.74. The van der Waals surface area contributed by atoms with E-state index in [-0.39, 0.29) is 0 Å². The Hall–Kier alpha value is -0.820. The molecular formula is C12H17N. The first-order valence-electron chi connectivity index (χ1n) is 4.96. The SMILES string of the molecule is CC1(C)CNC1Cc1ccccc1. The molecule has 70 valence electrons. The van der Waals surface area contributed by atoms with Crippen LogP contribution >= 0.6 is 0 Å². The van der Waals surface area contributed by atoms with Crippen LogP contribution < -0.4 is 5.32 Å². The number of hydrogen-bond acceptors (Lipinski definition) is 1. The molecule has 1 heterocycles. The minimum atomic E-state index is 0.482. The molecule has 1 saturated heterocycles. The molecule has 1 nitrogen and oxygen atoms in total. The van der Waals surface area contributed by atoms with Gasteiger partial charge in [-0.15, -0.1) is 0 Å². The van der Waals surface area contributed by atoms with Crippen molar-refractivity contribution in [1.29, 1.82) is 0 Å². The average Bonchev–Trinajstić information content (AvgIpc) is 2.15. The minimum Gasteiger partial charge on any atom is -0.312 e. The lowest BCUT2D eigenvalue weighted by Gasteiger charge is -2.46. The highest BCUT2D eigenvalue weighted by Crippen LogP contribution is 2.30. The Morgan fingerprint density at radius 2 is 2.00 bits per heavy atom. The fraction of sp³-hybridized carbons (Fsp3) is 0.500. The molecule has 0 aromatic heterocycles. The summed E-state index contributed by atoms with van der Waals surface area (Å²) in [5.41, 5.74) is 1.92. The van der Waals surface area contributed by atoms with Crippen LogP contribution in [0.3, 0.4) is 0 Å². The summed E-state index contributed by atoms with van der Waals surface area (Å²) in [6.07, 6.45) is 1.16. The topological polar surface area (TPSA) is 12.0 Å². The highest BCUT2D eigenvalue weighted by Gasteiger charge is 2.37. The van der Waals surface area contributed by atoms with Gasteiger partial charge in [0.1, 0.15) is 0 Å². The molecule has 2 rings (SSSR count).